The van der Waals surface area contributed by atoms with Crippen LogP contribution in [0.15, 0.2) is 41.5 Å². The summed E-state index contributed by atoms with van der Waals surface area (Å²) >= 11 is 0. The number of anilines is 1. The topological polar surface area (TPSA) is 95.1 Å². The average molecular weight is 392 g/mol. The maximum absolute atomic E-state index is 13.8. The molecular weight excluding hydrogens is 375 g/mol. The second kappa shape index (κ2) is 7.31. The summed E-state index contributed by atoms with van der Waals surface area (Å²) in [4.78, 5) is 33.1. The molecule has 1 amide bonds. The van der Waals surface area contributed by atoms with E-state index in [0.29, 0.717) is 31.7 Å². The predicted molar refractivity (Wildman–Crippen MR) is 104 cm³/mol. The van der Waals surface area contributed by atoms with Gasteiger partial charge >= 0.3 is 0 Å². The number of benzene rings is 1. The third kappa shape index (κ3) is 3.40. The first kappa shape index (κ1) is 18.6. The van der Waals surface area contributed by atoms with E-state index in [2.05, 4.69) is 16.2 Å². The van der Waals surface area contributed by atoms with E-state index in [4.69, 9.17) is 5.26 Å². The minimum Gasteiger partial charge on any atom is -0.367 e. The molecule has 2 aromatic heterocycles. The minimum atomic E-state index is -0.531. The van der Waals surface area contributed by atoms with Crippen LogP contribution in [0.5, 0.6) is 0 Å². The fraction of sp³-hybridized carbons (Fsp3) is 0.250. The summed E-state index contributed by atoms with van der Waals surface area (Å²) in [6.07, 6.45) is 3.18. The Morgan fingerprint density at radius 3 is 2.62 bits per heavy atom. The lowest BCUT2D eigenvalue weighted by atomic mass is 10.1. The molecule has 8 nitrogen and oxygen atoms in total. The summed E-state index contributed by atoms with van der Waals surface area (Å²) in [7, 11) is 1.47. The molecule has 1 fully saturated rings. The Hall–Kier alpha value is -3.80. The lowest BCUT2D eigenvalue weighted by molar-refractivity contribution is 0.0740. The zero-order valence-electron chi connectivity index (χ0n) is 15.7. The first-order valence-corrected chi connectivity index (χ1v) is 9.04. The van der Waals surface area contributed by atoms with Gasteiger partial charge in [-0.05, 0) is 24.3 Å². The maximum atomic E-state index is 13.8. The standard InChI is InChI=1S/C20H17FN6O2/c1-25-19(28)16-3-2-14(21)9-17(16)18(24-25)20(29)27-6-4-26(5-7-27)15-8-13(10-22)11-23-12-15/h2-3,8-9,11-12H,4-7H2,1H3. The van der Waals surface area contributed by atoms with Crippen LogP contribution in [0.1, 0.15) is 16.1 Å². The highest BCUT2D eigenvalue weighted by Crippen LogP contribution is 2.20. The molecular formula is C20H17FN6O2. The van der Waals surface area contributed by atoms with Gasteiger partial charge in [0.05, 0.1) is 22.8 Å². The Bertz CT molecular complexity index is 1210. The molecule has 0 radical (unpaired) electrons. The van der Waals surface area contributed by atoms with Crippen LogP contribution >= 0.6 is 0 Å². The molecule has 0 atom stereocenters. The van der Waals surface area contributed by atoms with Crippen LogP contribution in [0.25, 0.3) is 10.8 Å². The number of piperazine rings is 1. The fourth-order valence-electron chi connectivity index (χ4n) is 3.46. The molecule has 4 rings (SSSR count). The molecule has 0 saturated carbocycles. The molecule has 1 aromatic carbocycles. The van der Waals surface area contributed by atoms with Crippen LogP contribution < -0.4 is 10.5 Å². The predicted octanol–water partition coefficient (Wildman–Crippen LogP) is 1.30. The van der Waals surface area contributed by atoms with E-state index >= 15 is 0 Å². The van der Waals surface area contributed by atoms with Gasteiger partial charge in [-0.3, -0.25) is 14.6 Å². The number of amides is 1. The Morgan fingerprint density at radius 2 is 1.90 bits per heavy atom. The summed E-state index contributed by atoms with van der Waals surface area (Å²) in [5.41, 5.74) is 0.974. The highest BCUT2D eigenvalue weighted by molar-refractivity contribution is 6.04. The Labute approximate surface area is 165 Å². The van der Waals surface area contributed by atoms with Crippen LogP contribution in [-0.2, 0) is 7.05 Å². The molecule has 146 valence electrons. The zero-order valence-corrected chi connectivity index (χ0v) is 15.7. The van der Waals surface area contributed by atoms with Crippen molar-refractivity contribution >= 4 is 22.4 Å². The molecule has 3 aromatic rings. The molecule has 0 N–H and O–H groups in total. The van der Waals surface area contributed by atoms with Gasteiger partial charge < -0.3 is 9.80 Å². The number of nitriles is 1. The van der Waals surface area contributed by atoms with Crippen molar-refractivity contribution in [2.75, 3.05) is 31.1 Å². The van der Waals surface area contributed by atoms with Crippen molar-refractivity contribution in [3.63, 3.8) is 0 Å². The van der Waals surface area contributed by atoms with Crippen molar-refractivity contribution < 1.29 is 9.18 Å². The molecule has 0 spiro atoms. The number of nitrogens with zero attached hydrogens (tertiary/aromatic N) is 6. The van der Waals surface area contributed by atoms with E-state index in [1.54, 1.807) is 17.2 Å². The monoisotopic (exact) mass is 392 g/mol. The van der Waals surface area contributed by atoms with E-state index in [0.717, 1.165) is 10.4 Å². The highest BCUT2D eigenvalue weighted by atomic mass is 19.1. The largest absolute Gasteiger partial charge is 0.367 e. The van der Waals surface area contributed by atoms with Crippen molar-refractivity contribution in [2.24, 2.45) is 7.05 Å². The lowest BCUT2D eigenvalue weighted by Gasteiger charge is -2.35. The number of aromatic nitrogens is 3. The van der Waals surface area contributed by atoms with Gasteiger partial charge in [0.2, 0.25) is 0 Å². The van der Waals surface area contributed by atoms with Crippen molar-refractivity contribution in [3.8, 4) is 6.07 Å². The van der Waals surface area contributed by atoms with E-state index in [1.165, 1.54) is 31.4 Å². The van der Waals surface area contributed by atoms with E-state index in [9.17, 15) is 14.0 Å². The maximum Gasteiger partial charge on any atom is 0.275 e. The summed E-state index contributed by atoms with van der Waals surface area (Å²) < 4.78 is 14.9. The number of aryl methyl sites for hydroxylation is 1. The number of carbonyl (C=O) groups excluding carboxylic acids is 1. The Balaban J connectivity index is 1.59. The summed E-state index contributed by atoms with van der Waals surface area (Å²) in [6.45, 7) is 1.97. The van der Waals surface area contributed by atoms with Gasteiger partial charge in [0, 0.05) is 44.8 Å². The van der Waals surface area contributed by atoms with Crippen LogP contribution in [0.2, 0.25) is 0 Å². The van der Waals surface area contributed by atoms with Crippen molar-refractivity contribution in [2.45, 2.75) is 0 Å². The van der Waals surface area contributed by atoms with Crippen LogP contribution in [-0.4, -0.2) is 51.8 Å². The van der Waals surface area contributed by atoms with Crippen LogP contribution in [0.4, 0.5) is 10.1 Å². The van der Waals surface area contributed by atoms with E-state index in [-0.39, 0.29) is 27.9 Å². The molecule has 3 heterocycles. The van der Waals surface area contributed by atoms with E-state index < -0.39 is 5.82 Å². The van der Waals surface area contributed by atoms with Crippen molar-refractivity contribution in [1.29, 1.82) is 5.26 Å². The highest BCUT2D eigenvalue weighted by Gasteiger charge is 2.26. The van der Waals surface area contributed by atoms with Crippen molar-refractivity contribution in [1.82, 2.24) is 19.7 Å². The van der Waals surface area contributed by atoms with Gasteiger partial charge in [-0.25, -0.2) is 9.07 Å². The van der Waals surface area contributed by atoms with Gasteiger partial charge in [-0.15, -0.1) is 0 Å². The molecule has 0 aliphatic carbocycles. The lowest BCUT2D eigenvalue weighted by Crippen LogP contribution is -2.49. The number of carbonyl (C=O) groups is 1. The molecule has 1 aliphatic rings. The van der Waals surface area contributed by atoms with Crippen molar-refractivity contribution in [3.05, 3.63) is 64.1 Å². The molecule has 9 heteroatoms. The Kier molecular flexibility index (Phi) is 4.68. The number of pyridine rings is 1. The third-order valence-corrected chi connectivity index (χ3v) is 5.00. The smallest absolute Gasteiger partial charge is 0.275 e. The van der Waals surface area contributed by atoms with Gasteiger partial charge in [0.15, 0.2) is 5.69 Å². The number of halogens is 1. The van der Waals surface area contributed by atoms with Gasteiger partial charge in [0.1, 0.15) is 11.9 Å². The second-order valence-corrected chi connectivity index (χ2v) is 6.79. The molecule has 29 heavy (non-hydrogen) atoms. The zero-order chi connectivity index (χ0) is 20.5. The normalized spacial score (nSPS) is 14.1. The SMILES string of the molecule is Cn1nc(C(=O)N2CCN(c3cncc(C#N)c3)CC2)c2cc(F)ccc2c1=O. The first-order valence-electron chi connectivity index (χ1n) is 9.04. The van der Waals surface area contributed by atoms with Gasteiger partial charge in [0.25, 0.3) is 11.5 Å². The number of hydrogen-bond acceptors (Lipinski definition) is 6. The fourth-order valence-corrected chi connectivity index (χ4v) is 3.46. The first-order chi connectivity index (χ1) is 14.0. The second-order valence-electron chi connectivity index (χ2n) is 6.79. The van der Waals surface area contributed by atoms with E-state index in [1.807, 2.05) is 4.90 Å². The summed E-state index contributed by atoms with van der Waals surface area (Å²) in [5, 5.41) is 13.6. The van der Waals surface area contributed by atoms with Gasteiger partial charge in [-0.1, -0.05) is 0 Å². The number of hydrogen-bond donors (Lipinski definition) is 0. The van der Waals surface area contributed by atoms with Crippen LogP contribution in [0, 0.1) is 17.1 Å². The minimum absolute atomic E-state index is 0.0585. The van der Waals surface area contributed by atoms with Crippen LogP contribution in [0.3, 0.4) is 0 Å². The third-order valence-electron chi connectivity index (χ3n) is 5.00. The molecule has 1 saturated heterocycles. The quantitative estimate of drug-likeness (QED) is 0.652. The summed E-state index contributed by atoms with van der Waals surface area (Å²) in [5.74, 6) is -0.879. The number of fused-ring (bicyclic) bond motifs is 1. The average Bonchev–Trinajstić information content (AvgIpc) is 2.76. The molecule has 0 unspecified atom stereocenters. The Morgan fingerprint density at radius 1 is 1.14 bits per heavy atom. The van der Waals surface area contributed by atoms with Gasteiger partial charge in [-0.2, -0.15) is 10.4 Å². The summed E-state index contributed by atoms with van der Waals surface area (Å²) in [6, 6.07) is 7.57. The molecule has 0 bridgehead atoms. The molecule has 1 aliphatic heterocycles. The number of rotatable bonds is 2.